The summed E-state index contributed by atoms with van der Waals surface area (Å²) < 4.78 is 14.2. The van der Waals surface area contributed by atoms with Crippen LogP contribution in [0.3, 0.4) is 0 Å². The number of hydrogen-bond donors (Lipinski definition) is 0. The van der Waals surface area contributed by atoms with Crippen molar-refractivity contribution in [2.45, 2.75) is 58.9 Å². The molecule has 0 aliphatic carbocycles. The first kappa shape index (κ1) is 16.1. The van der Waals surface area contributed by atoms with Gasteiger partial charge in [0.15, 0.2) is 6.29 Å². The molecule has 0 saturated carbocycles. The van der Waals surface area contributed by atoms with Gasteiger partial charge in [0.25, 0.3) is 5.56 Å². The molecule has 0 N–H and O–H groups in total. The van der Waals surface area contributed by atoms with Gasteiger partial charge in [-0.3, -0.25) is 9.48 Å². The molecular formula is C16H24N4O3. The zero-order valence-electron chi connectivity index (χ0n) is 14.4. The summed E-state index contributed by atoms with van der Waals surface area (Å²) in [5.74, 6) is 0.187. The summed E-state index contributed by atoms with van der Waals surface area (Å²) in [6.45, 7) is 11.6. The maximum Gasteiger partial charge on any atom is 0.293 e. The first-order valence-electron chi connectivity index (χ1n) is 8.01. The third-order valence-corrected chi connectivity index (χ3v) is 3.91. The zero-order chi connectivity index (χ0) is 16.8. The van der Waals surface area contributed by atoms with Crippen molar-refractivity contribution in [1.29, 1.82) is 0 Å². The van der Waals surface area contributed by atoms with Crippen molar-refractivity contribution in [3.63, 3.8) is 0 Å². The number of ether oxygens (including phenoxy) is 2. The van der Waals surface area contributed by atoms with Crippen molar-refractivity contribution in [3.05, 3.63) is 22.2 Å². The molecule has 2 aromatic rings. The van der Waals surface area contributed by atoms with E-state index in [0.29, 0.717) is 25.3 Å². The smallest absolute Gasteiger partial charge is 0.293 e. The van der Waals surface area contributed by atoms with E-state index in [9.17, 15) is 4.79 Å². The number of rotatable bonds is 3. The van der Waals surface area contributed by atoms with Crippen LogP contribution in [-0.2, 0) is 21.6 Å². The number of hydrogen-bond acceptors (Lipinski definition) is 5. The van der Waals surface area contributed by atoms with E-state index in [0.717, 1.165) is 11.1 Å². The molecule has 3 heterocycles. The summed E-state index contributed by atoms with van der Waals surface area (Å²) in [6, 6.07) is 0. The Bertz CT molecular complexity index is 764. The minimum Gasteiger partial charge on any atom is -0.348 e. The van der Waals surface area contributed by atoms with Crippen molar-refractivity contribution in [3.8, 4) is 0 Å². The standard InChI is InChI=1S/C16H24N4O3/c1-10(2)13-11-8-17-20(16(3,4)5)14(11)15(21)19(18-13)9-12-22-6-7-23-12/h8,10,12H,6-7,9H2,1-5H3. The highest BCUT2D eigenvalue weighted by atomic mass is 16.7. The summed E-state index contributed by atoms with van der Waals surface area (Å²) in [5, 5.41) is 9.82. The van der Waals surface area contributed by atoms with Crippen molar-refractivity contribution in [2.24, 2.45) is 0 Å². The Morgan fingerprint density at radius 2 is 1.96 bits per heavy atom. The van der Waals surface area contributed by atoms with E-state index in [-0.39, 0.29) is 17.0 Å². The Morgan fingerprint density at radius 3 is 2.52 bits per heavy atom. The van der Waals surface area contributed by atoms with Crippen molar-refractivity contribution >= 4 is 10.9 Å². The second-order valence-electron chi connectivity index (χ2n) is 7.19. The highest BCUT2D eigenvalue weighted by Crippen LogP contribution is 2.24. The molecule has 23 heavy (non-hydrogen) atoms. The number of aromatic nitrogens is 4. The summed E-state index contributed by atoms with van der Waals surface area (Å²) in [6.07, 6.45) is 1.33. The Morgan fingerprint density at radius 1 is 1.30 bits per heavy atom. The minimum atomic E-state index is -0.413. The van der Waals surface area contributed by atoms with E-state index in [1.807, 2.05) is 20.8 Å². The van der Waals surface area contributed by atoms with Gasteiger partial charge in [0.1, 0.15) is 5.52 Å². The lowest BCUT2D eigenvalue weighted by atomic mass is 10.1. The fourth-order valence-electron chi connectivity index (χ4n) is 2.81. The van der Waals surface area contributed by atoms with Gasteiger partial charge in [-0.2, -0.15) is 10.2 Å². The molecule has 1 saturated heterocycles. The van der Waals surface area contributed by atoms with Gasteiger partial charge in [-0.15, -0.1) is 0 Å². The van der Waals surface area contributed by atoms with Gasteiger partial charge in [0.05, 0.1) is 37.2 Å². The fraction of sp³-hybridized carbons (Fsp3) is 0.688. The topological polar surface area (TPSA) is 71.2 Å². The maximum atomic E-state index is 12.9. The molecule has 7 nitrogen and oxygen atoms in total. The number of nitrogens with zero attached hydrogens (tertiary/aromatic N) is 4. The molecule has 0 bridgehead atoms. The van der Waals surface area contributed by atoms with Crippen LogP contribution in [0.15, 0.2) is 11.0 Å². The Hall–Kier alpha value is -1.73. The largest absolute Gasteiger partial charge is 0.348 e. The predicted molar refractivity (Wildman–Crippen MR) is 86.6 cm³/mol. The number of fused-ring (bicyclic) bond motifs is 1. The van der Waals surface area contributed by atoms with Crippen molar-refractivity contribution in [1.82, 2.24) is 19.6 Å². The average Bonchev–Trinajstić information content (AvgIpc) is 3.10. The molecule has 0 amide bonds. The molecule has 7 heteroatoms. The minimum absolute atomic E-state index is 0.157. The molecular weight excluding hydrogens is 296 g/mol. The quantitative estimate of drug-likeness (QED) is 0.863. The monoisotopic (exact) mass is 320 g/mol. The predicted octanol–water partition coefficient (Wildman–Crippen LogP) is 1.84. The highest BCUT2D eigenvalue weighted by Gasteiger charge is 2.25. The maximum absolute atomic E-state index is 12.9. The van der Waals surface area contributed by atoms with Gasteiger partial charge < -0.3 is 9.47 Å². The second-order valence-corrected chi connectivity index (χ2v) is 7.19. The molecule has 1 fully saturated rings. The van der Waals surface area contributed by atoms with Crippen LogP contribution in [0.2, 0.25) is 0 Å². The highest BCUT2D eigenvalue weighted by molar-refractivity contribution is 5.80. The molecule has 2 aromatic heterocycles. The molecule has 0 radical (unpaired) electrons. The molecule has 0 aromatic carbocycles. The Kier molecular flexibility index (Phi) is 4.01. The van der Waals surface area contributed by atoms with Crippen LogP contribution in [0.4, 0.5) is 0 Å². The molecule has 126 valence electrons. The molecule has 0 atom stereocenters. The van der Waals surface area contributed by atoms with Crippen LogP contribution in [0.1, 0.15) is 46.2 Å². The van der Waals surface area contributed by atoms with E-state index in [2.05, 4.69) is 24.0 Å². The SMILES string of the molecule is CC(C)c1nn(CC2OCCO2)c(=O)c2c1cnn2C(C)(C)C. The normalized spacial score (nSPS) is 16.8. The van der Waals surface area contributed by atoms with Crippen LogP contribution < -0.4 is 5.56 Å². The Labute approximate surface area is 135 Å². The molecule has 0 unspecified atom stereocenters. The third kappa shape index (κ3) is 2.90. The lowest BCUT2D eigenvalue weighted by Gasteiger charge is -2.21. The van der Waals surface area contributed by atoms with Gasteiger partial charge in [-0.25, -0.2) is 4.68 Å². The van der Waals surface area contributed by atoms with E-state index in [4.69, 9.17) is 9.47 Å². The van der Waals surface area contributed by atoms with Crippen LogP contribution in [0.25, 0.3) is 10.9 Å². The van der Waals surface area contributed by atoms with E-state index in [1.54, 1.807) is 10.9 Å². The van der Waals surface area contributed by atoms with Gasteiger partial charge in [0, 0.05) is 5.39 Å². The summed E-state index contributed by atoms with van der Waals surface area (Å²) in [4.78, 5) is 12.9. The first-order valence-corrected chi connectivity index (χ1v) is 8.01. The molecule has 1 aliphatic rings. The molecule has 0 spiro atoms. The van der Waals surface area contributed by atoms with E-state index >= 15 is 0 Å². The van der Waals surface area contributed by atoms with Crippen LogP contribution in [0.5, 0.6) is 0 Å². The van der Waals surface area contributed by atoms with Crippen molar-refractivity contribution in [2.75, 3.05) is 13.2 Å². The summed E-state index contributed by atoms with van der Waals surface area (Å²) >= 11 is 0. The van der Waals surface area contributed by atoms with Gasteiger partial charge in [-0.1, -0.05) is 13.8 Å². The van der Waals surface area contributed by atoms with Gasteiger partial charge in [-0.05, 0) is 26.7 Å². The molecule has 1 aliphatic heterocycles. The van der Waals surface area contributed by atoms with Crippen LogP contribution in [0, 0.1) is 0 Å². The van der Waals surface area contributed by atoms with Crippen LogP contribution >= 0.6 is 0 Å². The lowest BCUT2D eigenvalue weighted by molar-refractivity contribution is -0.0554. The third-order valence-electron chi connectivity index (χ3n) is 3.91. The lowest BCUT2D eigenvalue weighted by Crippen LogP contribution is -2.34. The first-order chi connectivity index (χ1) is 10.8. The Balaban J connectivity index is 2.20. The van der Waals surface area contributed by atoms with Gasteiger partial charge >= 0.3 is 0 Å². The van der Waals surface area contributed by atoms with E-state index < -0.39 is 6.29 Å². The second kappa shape index (κ2) is 5.72. The van der Waals surface area contributed by atoms with E-state index in [1.165, 1.54) is 4.68 Å². The van der Waals surface area contributed by atoms with Gasteiger partial charge in [0.2, 0.25) is 0 Å². The fourth-order valence-corrected chi connectivity index (χ4v) is 2.81. The summed E-state index contributed by atoms with van der Waals surface area (Å²) in [5.41, 5.74) is 1.02. The average molecular weight is 320 g/mol. The summed E-state index contributed by atoms with van der Waals surface area (Å²) in [7, 11) is 0. The van der Waals surface area contributed by atoms with Crippen molar-refractivity contribution < 1.29 is 9.47 Å². The van der Waals surface area contributed by atoms with Crippen LogP contribution in [-0.4, -0.2) is 39.1 Å². The molecule has 3 rings (SSSR count). The zero-order valence-corrected chi connectivity index (χ0v) is 14.4.